The van der Waals surface area contributed by atoms with Gasteiger partial charge < -0.3 is 14.7 Å². The highest BCUT2D eigenvalue weighted by molar-refractivity contribution is 6.31. The van der Waals surface area contributed by atoms with E-state index in [1.807, 2.05) is 0 Å². The number of morpholine rings is 1. The van der Waals surface area contributed by atoms with E-state index >= 15 is 0 Å². The van der Waals surface area contributed by atoms with Gasteiger partial charge in [-0.15, -0.1) is 5.10 Å². The lowest BCUT2D eigenvalue weighted by molar-refractivity contribution is -0.154. The van der Waals surface area contributed by atoms with Crippen LogP contribution < -0.4 is 0 Å². The average Bonchev–Trinajstić information content (AvgIpc) is 3.08. The number of aliphatic carboxylic acids is 1. The molecule has 1 fully saturated rings. The lowest BCUT2D eigenvalue weighted by atomic mass is 10.1. The third-order valence-corrected chi connectivity index (χ3v) is 3.65. The van der Waals surface area contributed by atoms with E-state index < -0.39 is 12.1 Å². The van der Waals surface area contributed by atoms with Crippen LogP contribution in [-0.4, -0.2) is 67.9 Å². The molecule has 1 atom stereocenters. The second-order valence-corrected chi connectivity index (χ2v) is 5.30. The van der Waals surface area contributed by atoms with Crippen molar-refractivity contribution >= 4 is 23.5 Å². The second kappa shape index (κ2) is 6.31. The molecule has 0 radical (unpaired) electrons. The summed E-state index contributed by atoms with van der Waals surface area (Å²) >= 11 is 5.99. The van der Waals surface area contributed by atoms with Crippen molar-refractivity contribution in [2.45, 2.75) is 6.10 Å². The largest absolute Gasteiger partial charge is 0.479 e. The fraction of sp³-hybridized carbons (Fsp3) is 0.308. The van der Waals surface area contributed by atoms with E-state index in [0.717, 1.165) is 0 Å². The summed E-state index contributed by atoms with van der Waals surface area (Å²) in [6.07, 6.45) is 0.322. The number of tetrazole rings is 1. The van der Waals surface area contributed by atoms with Crippen LogP contribution >= 0.6 is 11.6 Å². The maximum Gasteiger partial charge on any atom is 0.334 e. The molecule has 1 amide bonds. The number of rotatable bonds is 3. The molecule has 0 bridgehead atoms. The highest BCUT2D eigenvalue weighted by Gasteiger charge is 2.30. The summed E-state index contributed by atoms with van der Waals surface area (Å²) in [5, 5.41) is 20.3. The smallest absolute Gasteiger partial charge is 0.334 e. The zero-order valence-electron chi connectivity index (χ0n) is 11.8. The van der Waals surface area contributed by atoms with Crippen molar-refractivity contribution in [1.82, 2.24) is 25.1 Å². The van der Waals surface area contributed by atoms with Crippen LogP contribution in [0.3, 0.4) is 0 Å². The lowest BCUT2D eigenvalue weighted by Crippen LogP contribution is -2.48. The molecule has 0 spiro atoms. The van der Waals surface area contributed by atoms with Crippen molar-refractivity contribution < 1.29 is 19.4 Å². The van der Waals surface area contributed by atoms with Crippen LogP contribution in [0.5, 0.6) is 0 Å². The van der Waals surface area contributed by atoms with E-state index in [-0.39, 0.29) is 24.6 Å². The highest BCUT2D eigenvalue weighted by atomic mass is 35.5. The van der Waals surface area contributed by atoms with Crippen LogP contribution in [0.2, 0.25) is 5.02 Å². The third kappa shape index (κ3) is 3.15. The molecule has 1 aromatic heterocycles. The van der Waals surface area contributed by atoms with Crippen molar-refractivity contribution in [2.75, 3.05) is 19.7 Å². The van der Waals surface area contributed by atoms with Gasteiger partial charge in [0.25, 0.3) is 5.91 Å². The van der Waals surface area contributed by atoms with Gasteiger partial charge in [0, 0.05) is 11.6 Å². The molecule has 9 nitrogen and oxygen atoms in total. The molecular weight excluding hydrogens is 326 g/mol. The topological polar surface area (TPSA) is 110 Å². The molecule has 0 saturated carbocycles. The van der Waals surface area contributed by atoms with Crippen molar-refractivity contribution in [3.05, 3.63) is 35.1 Å². The molecule has 1 aliphatic rings. The van der Waals surface area contributed by atoms with Crippen LogP contribution in [-0.2, 0) is 9.53 Å². The molecular formula is C13H12ClN5O4. The predicted molar refractivity (Wildman–Crippen MR) is 77.4 cm³/mol. The fourth-order valence-corrected chi connectivity index (χ4v) is 2.48. The Bertz CT molecular complexity index is 736. The van der Waals surface area contributed by atoms with Crippen LogP contribution in [0.25, 0.3) is 5.69 Å². The van der Waals surface area contributed by atoms with Crippen molar-refractivity contribution in [3.63, 3.8) is 0 Å². The number of carbonyl (C=O) groups is 2. The Kier molecular flexibility index (Phi) is 4.22. The summed E-state index contributed by atoms with van der Waals surface area (Å²) in [6, 6.07) is 4.75. The SMILES string of the molecule is O=C(O)[C@@H]1CN(C(=O)c2cc(Cl)ccc2-n2cnnn2)CCO1. The minimum absolute atomic E-state index is 0.0320. The van der Waals surface area contributed by atoms with Crippen LogP contribution in [0.15, 0.2) is 24.5 Å². The average molecular weight is 338 g/mol. The molecule has 0 unspecified atom stereocenters. The number of aromatic nitrogens is 4. The lowest BCUT2D eigenvalue weighted by Gasteiger charge is -2.31. The normalized spacial score (nSPS) is 18.0. The number of amides is 1. The summed E-state index contributed by atoms with van der Waals surface area (Å²) in [5.74, 6) is -1.46. The summed E-state index contributed by atoms with van der Waals surface area (Å²) in [4.78, 5) is 25.2. The maximum atomic E-state index is 12.8. The van der Waals surface area contributed by atoms with Gasteiger partial charge in [-0.2, -0.15) is 4.68 Å². The van der Waals surface area contributed by atoms with Crippen molar-refractivity contribution in [2.24, 2.45) is 0 Å². The molecule has 0 aliphatic carbocycles. The molecule has 1 aromatic carbocycles. The minimum Gasteiger partial charge on any atom is -0.479 e. The Labute approximate surface area is 135 Å². The number of hydrogen-bond acceptors (Lipinski definition) is 6. The van der Waals surface area contributed by atoms with E-state index in [1.165, 1.54) is 22.0 Å². The number of benzene rings is 1. The van der Waals surface area contributed by atoms with Crippen LogP contribution in [0, 0.1) is 0 Å². The Balaban J connectivity index is 1.93. The van der Waals surface area contributed by atoms with Gasteiger partial charge in [-0.05, 0) is 28.6 Å². The monoisotopic (exact) mass is 337 g/mol. The fourth-order valence-electron chi connectivity index (χ4n) is 2.30. The number of ether oxygens (including phenoxy) is 1. The van der Waals surface area contributed by atoms with Crippen LogP contribution in [0.1, 0.15) is 10.4 Å². The molecule has 2 aromatic rings. The zero-order valence-corrected chi connectivity index (χ0v) is 12.5. The molecule has 1 N–H and O–H groups in total. The molecule has 1 aliphatic heterocycles. The van der Waals surface area contributed by atoms with E-state index in [1.54, 1.807) is 12.1 Å². The number of nitrogens with zero attached hydrogens (tertiary/aromatic N) is 5. The van der Waals surface area contributed by atoms with Crippen LogP contribution in [0.4, 0.5) is 0 Å². The molecule has 120 valence electrons. The summed E-state index contributed by atoms with van der Waals surface area (Å²) in [7, 11) is 0. The molecule has 1 saturated heterocycles. The first-order chi connectivity index (χ1) is 11.1. The first-order valence-electron chi connectivity index (χ1n) is 6.73. The predicted octanol–water partition coefficient (Wildman–Crippen LogP) is 0.241. The van der Waals surface area contributed by atoms with E-state index in [4.69, 9.17) is 21.4 Å². The molecule has 3 rings (SSSR count). The standard InChI is InChI=1S/C13H12ClN5O4/c14-8-1-2-10(19-7-15-16-17-19)9(5-8)12(20)18-3-4-23-11(6-18)13(21)22/h1-2,5,7,11H,3-4,6H2,(H,21,22)/t11-/m0/s1. The number of carboxylic acids is 1. The number of carboxylic acid groups (broad SMARTS) is 1. The minimum atomic E-state index is -1.10. The second-order valence-electron chi connectivity index (χ2n) is 4.86. The molecule has 10 heteroatoms. The van der Waals surface area contributed by atoms with E-state index in [2.05, 4.69) is 15.5 Å². The van der Waals surface area contributed by atoms with Gasteiger partial charge in [0.1, 0.15) is 6.33 Å². The first kappa shape index (κ1) is 15.4. The van der Waals surface area contributed by atoms with E-state index in [0.29, 0.717) is 17.3 Å². The number of hydrogen-bond donors (Lipinski definition) is 1. The Morgan fingerprint density at radius 1 is 1.39 bits per heavy atom. The summed E-state index contributed by atoms with van der Waals surface area (Å²) in [6.45, 7) is 0.420. The van der Waals surface area contributed by atoms with Gasteiger partial charge in [0.15, 0.2) is 6.10 Å². The van der Waals surface area contributed by atoms with Crippen molar-refractivity contribution in [1.29, 1.82) is 0 Å². The van der Waals surface area contributed by atoms with Gasteiger partial charge in [-0.1, -0.05) is 11.6 Å². The third-order valence-electron chi connectivity index (χ3n) is 3.41. The van der Waals surface area contributed by atoms with E-state index in [9.17, 15) is 9.59 Å². The molecule has 2 heterocycles. The van der Waals surface area contributed by atoms with Crippen molar-refractivity contribution in [3.8, 4) is 5.69 Å². The van der Waals surface area contributed by atoms with Gasteiger partial charge in [-0.25, -0.2) is 4.79 Å². The molecule has 23 heavy (non-hydrogen) atoms. The Hall–Kier alpha value is -2.52. The Morgan fingerprint density at radius 3 is 2.91 bits per heavy atom. The Morgan fingerprint density at radius 2 is 2.22 bits per heavy atom. The van der Waals surface area contributed by atoms with Gasteiger partial charge in [0.05, 0.1) is 24.4 Å². The van der Waals surface area contributed by atoms with Gasteiger partial charge in [-0.3, -0.25) is 4.79 Å². The number of halogens is 1. The highest BCUT2D eigenvalue weighted by Crippen LogP contribution is 2.21. The zero-order chi connectivity index (χ0) is 16.4. The summed E-state index contributed by atoms with van der Waals surface area (Å²) < 4.78 is 6.47. The number of carbonyl (C=O) groups excluding carboxylic acids is 1. The first-order valence-corrected chi connectivity index (χ1v) is 7.10. The van der Waals surface area contributed by atoms with Gasteiger partial charge >= 0.3 is 5.97 Å². The quantitative estimate of drug-likeness (QED) is 0.854. The summed E-state index contributed by atoms with van der Waals surface area (Å²) in [5.41, 5.74) is 0.749. The maximum absolute atomic E-state index is 12.8. The van der Waals surface area contributed by atoms with Gasteiger partial charge in [0.2, 0.25) is 0 Å².